The van der Waals surface area contributed by atoms with Crippen LogP contribution in [0, 0.1) is 6.92 Å². The molecule has 0 bridgehead atoms. The van der Waals surface area contributed by atoms with Gasteiger partial charge in [-0.3, -0.25) is 4.79 Å². The fourth-order valence-corrected chi connectivity index (χ4v) is 5.59. The summed E-state index contributed by atoms with van der Waals surface area (Å²) in [6, 6.07) is 20.4. The lowest BCUT2D eigenvalue weighted by Crippen LogP contribution is -2.50. The summed E-state index contributed by atoms with van der Waals surface area (Å²) in [5.74, 6) is 0.128. The fourth-order valence-electron chi connectivity index (χ4n) is 4.13. The van der Waals surface area contributed by atoms with Crippen LogP contribution in [0.2, 0.25) is 0 Å². The zero-order chi connectivity index (χ0) is 21.6. The molecule has 0 radical (unpaired) electrons. The summed E-state index contributed by atoms with van der Waals surface area (Å²) < 4.78 is 33.6. The summed E-state index contributed by atoms with van der Waals surface area (Å²) in [5.41, 5.74) is 1.49. The van der Waals surface area contributed by atoms with Gasteiger partial charge >= 0.3 is 0 Å². The standard InChI is InChI=1S/C24H22N2O4S/c1-17-21-8-4-5-9-22(21)30-23(17)24(27)25-12-14-26(15-13-25)31(28,29)20-11-10-18-6-2-3-7-19(18)16-20/h2-11,16H,12-15H2,1H3. The third-order valence-electron chi connectivity index (χ3n) is 5.92. The number of carbonyl (C=O) groups excluding carboxylic acids is 1. The number of aryl methyl sites for hydroxylation is 1. The van der Waals surface area contributed by atoms with Gasteiger partial charge in [-0.25, -0.2) is 8.42 Å². The maximum Gasteiger partial charge on any atom is 0.289 e. The molecule has 5 rings (SSSR count). The van der Waals surface area contributed by atoms with Crippen LogP contribution in [0.3, 0.4) is 0 Å². The first-order valence-corrected chi connectivity index (χ1v) is 11.7. The van der Waals surface area contributed by atoms with E-state index in [-0.39, 0.29) is 23.9 Å². The van der Waals surface area contributed by atoms with E-state index < -0.39 is 10.0 Å². The largest absolute Gasteiger partial charge is 0.451 e. The molecule has 1 fully saturated rings. The number of benzene rings is 3. The molecule has 0 aliphatic carbocycles. The average molecular weight is 435 g/mol. The predicted octanol–water partition coefficient (Wildman–Crippen LogP) is 4.04. The highest BCUT2D eigenvalue weighted by Gasteiger charge is 2.32. The van der Waals surface area contributed by atoms with Gasteiger partial charge in [-0.05, 0) is 35.9 Å². The molecule has 0 atom stereocenters. The average Bonchev–Trinajstić information content (AvgIpc) is 3.15. The molecule has 3 aromatic carbocycles. The van der Waals surface area contributed by atoms with E-state index in [1.165, 1.54) is 4.31 Å². The fraction of sp³-hybridized carbons (Fsp3) is 0.208. The molecule has 158 valence electrons. The number of amides is 1. The summed E-state index contributed by atoms with van der Waals surface area (Å²) in [4.78, 5) is 15.0. The van der Waals surface area contributed by atoms with E-state index >= 15 is 0 Å². The molecule has 4 aromatic rings. The van der Waals surface area contributed by atoms with E-state index in [0.29, 0.717) is 24.4 Å². The molecule has 1 aromatic heterocycles. The second-order valence-corrected chi connectivity index (χ2v) is 9.70. The summed E-state index contributed by atoms with van der Waals surface area (Å²) in [6.45, 7) is 3.02. The van der Waals surface area contributed by atoms with E-state index in [2.05, 4.69) is 0 Å². The van der Waals surface area contributed by atoms with Gasteiger partial charge in [-0.1, -0.05) is 48.5 Å². The Kier molecular flexibility index (Phi) is 4.79. The van der Waals surface area contributed by atoms with Crippen LogP contribution in [0.1, 0.15) is 16.1 Å². The van der Waals surface area contributed by atoms with Crippen molar-refractivity contribution in [3.8, 4) is 0 Å². The van der Waals surface area contributed by atoms with Gasteiger partial charge < -0.3 is 9.32 Å². The van der Waals surface area contributed by atoms with Crippen molar-refractivity contribution in [3.63, 3.8) is 0 Å². The Hall–Kier alpha value is -3.16. The number of rotatable bonds is 3. The van der Waals surface area contributed by atoms with Crippen LogP contribution in [0.5, 0.6) is 0 Å². The summed E-state index contributed by atoms with van der Waals surface area (Å²) in [7, 11) is -3.62. The molecule has 0 N–H and O–H groups in total. The van der Waals surface area contributed by atoms with Crippen LogP contribution >= 0.6 is 0 Å². The molecular formula is C24H22N2O4S. The van der Waals surface area contributed by atoms with E-state index in [9.17, 15) is 13.2 Å². The molecule has 7 heteroatoms. The minimum Gasteiger partial charge on any atom is -0.451 e. The van der Waals surface area contributed by atoms with Gasteiger partial charge in [0, 0.05) is 37.1 Å². The molecule has 1 saturated heterocycles. The van der Waals surface area contributed by atoms with Crippen LogP contribution in [0.25, 0.3) is 21.7 Å². The van der Waals surface area contributed by atoms with Crippen molar-refractivity contribution in [3.05, 3.63) is 78.1 Å². The zero-order valence-electron chi connectivity index (χ0n) is 17.1. The number of fused-ring (bicyclic) bond motifs is 2. The number of hydrogen-bond donors (Lipinski definition) is 0. The van der Waals surface area contributed by atoms with Gasteiger partial charge in [0.2, 0.25) is 10.0 Å². The second kappa shape index (κ2) is 7.51. The highest BCUT2D eigenvalue weighted by molar-refractivity contribution is 7.89. The van der Waals surface area contributed by atoms with Gasteiger partial charge in [0.05, 0.1) is 4.90 Å². The minimum atomic E-state index is -3.62. The van der Waals surface area contributed by atoms with Gasteiger partial charge in [0.15, 0.2) is 5.76 Å². The van der Waals surface area contributed by atoms with Gasteiger partial charge in [0.25, 0.3) is 5.91 Å². The van der Waals surface area contributed by atoms with Crippen molar-refractivity contribution >= 4 is 37.7 Å². The molecule has 2 heterocycles. The number of sulfonamides is 1. The first kappa shape index (κ1) is 19.8. The molecule has 31 heavy (non-hydrogen) atoms. The maximum atomic E-state index is 13.2. The van der Waals surface area contributed by atoms with Gasteiger partial charge in [0.1, 0.15) is 5.58 Å². The Bertz CT molecular complexity index is 1400. The monoisotopic (exact) mass is 434 g/mol. The molecule has 0 saturated carbocycles. The lowest BCUT2D eigenvalue weighted by molar-refractivity contribution is 0.0667. The number of nitrogens with zero attached hydrogens (tertiary/aromatic N) is 2. The highest BCUT2D eigenvalue weighted by atomic mass is 32.2. The van der Waals surface area contributed by atoms with E-state index in [1.54, 1.807) is 17.0 Å². The number of carbonyl (C=O) groups is 1. The summed E-state index contributed by atoms with van der Waals surface area (Å²) in [6.07, 6.45) is 0. The molecule has 0 spiro atoms. The van der Waals surface area contributed by atoms with Crippen LogP contribution < -0.4 is 0 Å². The first-order chi connectivity index (χ1) is 14.9. The molecule has 1 aliphatic rings. The van der Waals surface area contributed by atoms with Crippen LogP contribution in [0.4, 0.5) is 0 Å². The Balaban J connectivity index is 1.34. The van der Waals surface area contributed by atoms with Crippen LogP contribution in [-0.4, -0.2) is 49.7 Å². The number of para-hydroxylation sites is 1. The topological polar surface area (TPSA) is 70.8 Å². The van der Waals surface area contributed by atoms with Crippen molar-refractivity contribution in [2.75, 3.05) is 26.2 Å². The van der Waals surface area contributed by atoms with E-state index in [1.807, 2.05) is 61.5 Å². The Labute approximate surface area is 180 Å². The van der Waals surface area contributed by atoms with Crippen molar-refractivity contribution in [1.29, 1.82) is 0 Å². The van der Waals surface area contributed by atoms with Crippen molar-refractivity contribution < 1.29 is 17.6 Å². The summed E-state index contributed by atoms with van der Waals surface area (Å²) >= 11 is 0. The highest BCUT2D eigenvalue weighted by Crippen LogP contribution is 2.27. The summed E-state index contributed by atoms with van der Waals surface area (Å²) in [5, 5.41) is 2.80. The molecule has 1 amide bonds. The van der Waals surface area contributed by atoms with E-state index in [0.717, 1.165) is 21.7 Å². The molecule has 0 unspecified atom stereocenters. The molecular weight excluding hydrogens is 412 g/mol. The normalized spacial score (nSPS) is 15.6. The predicted molar refractivity (Wildman–Crippen MR) is 120 cm³/mol. The lowest BCUT2D eigenvalue weighted by Gasteiger charge is -2.33. The smallest absolute Gasteiger partial charge is 0.289 e. The third-order valence-corrected chi connectivity index (χ3v) is 7.82. The van der Waals surface area contributed by atoms with Crippen molar-refractivity contribution in [2.24, 2.45) is 0 Å². The first-order valence-electron chi connectivity index (χ1n) is 10.2. The van der Waals surface area contributed by atoms with Crippen LogP contribution in [0.15, 0.2) is 76.0 Å². The molecule has 1 aliphatic heterocycles. The quantitative estimate of drug-likeness (QED) is 0.488. The second-order valence-electron chi connectivity index (χ2n) is 7.76. The van der Waals surface area contributed by atoms with E-state index in [4.69, 9.17) is 4.42 Å². The van der Waals surface area contributed by atoms with Gasteiger partial charge in [-0.2, -0.15) is 4.31 Å². The molecule has 6 nitrogen and oxygen atoms in total. The Morgan fingerprint density at radius 1 is 0.871 bits per heavy atom. The SMILES string of the molecule is Cc1c(C(=O)N2CCN(S(=O)(=O)c3ccc4ccccc4c3)CC2)oc2ccccc12. The minimum absolute atomic E-state index is 0.198. The number of hydrogen-bond acceptors (Lipinski definition) is 4. The third kappa shape index (κ3) is 3.40. The lowest BCUT2D eigenvalue weighted by atomic mass is 10.1. The zero-order valence-corrected chi connectivity index (χ0v) is 17.9. The number of piperazine rings is 1. The Morgan fingerprint density at radius 3 is 2.29 bits per heavy atom. The van der Waals surface area contributed by atoms with Crippen LogP contribution in [-0.2, 0) is 10.0 Å². The van der Waals surface area contributed by atoms with Gasteiger partial charge in [-0.15, -0.1) is 0 Å². The van der Waals surface area contributed by atoms with Crippen molar-refractivity contribution in [2.45, 2.75) is 11.8 Å². The number of furan rings is 1. The van der Waals surface area contributed by atoms with Crippen molar-refractivity contribution in [1.82, 2.24) is 9.21 Å². The maximum absolute atomic E-state index is 13.2. The Morgan fingerprint density at radius 2 is 1.55 bits per heavy atom.